The van der Waals surface area contributed by atoms with Crippen LogP contribution in [0.15, 0.2) is 30.5 Å². The van der Waals surface area contributed by atoms with Crippen LogP contribution >= 0.6 is 0 Å². The summed E-state index contributed by atoms with van der Waals surface area (Å²) in [6.45, 7) is 0. The molecule has 0 aliphatic rings. The molecule has 2 rings (SSSR count). The van der Waals surface area contributed by atoms with Crippen molar-refractivity contribution in [2.45, 2.75) is 6.18 Å². The van der Waals surface area contributed by atoms with Crippen LogP contribution in [0.4, 0.5) is 22.0 Å². The fraction of sp³-hybridized carbons (Fsp3) is 0.154. The van der Waals surface area contributed by atoms with Gasteiger partial charge in [0.25, 0.3) is 0 Å². The highest BCUT2D eigenvalue weighted by Crippen LogP contribution is 2.41. The lowest BCUT2D eigenvalue weighted by Crippen LogP contribution is -2.11. The number of pyridine rings is 1. The summed E-state index contributed by atoms with van der Waals surface area (Å²) in [4.78, 5) is 3.19. The van der Waals surface area contributed by atoms with E-state index in [1.807, 2.05) is 0 Å². The Hall–Kier alpha value is -2.18. The van der Waals surface area contributed by atoms with E-state index in [4.69, 9.17) is 0 Å². The smallest absolute Gasteiger partial charge is 0.437 e. The van der Waals surface area contributed by atoms with Gasteiger partial charge >= 0.3 is 6.18 Å². The van der Waals surface area contributed by atoms with Crippen molar-refractivity contribution in [2.24, 2.45) is 0 Å². The van der Waals surface area contributed by atoms with Crippen LogP contribution in [0.5, 0.6) is 5.75 Å². The van der Waals surface area contributed by atoms with Gasteiger partial charge in [0.1, 0.15) is 0 Å². The van der Waals surface area contributed by atoms with Gasteiger partial charge in [0, 0.05) is 17.3 Å². The van der Waals surface area contributed by atoms with E-state index in [0.717, 1.165) is 31.5 Å². The Labute approximate surface area is 110 Å². The van der Waals surface area contributed by atoms with Crippen molar-refractivity contribution in [1.82, 2.24) is 4.98 Å². The molecule has 2 aromatic rings. The molecular formula is C13H8F5NO. The molecule has 20 heavy (non-hydrogen) atoms. The highest BCUT2D eigenvalue weighted by atomic mass is 19.4. The number of aromatic nitrogens is 1. The van der Waals surface area contributed by atoms with E-state index < -0.39 is 29.3 Å². The van der Waals surface area contributed by atoms with Crippen molar-refractivity contribution in [3.05, 3.63) is 47.8 Å². The molecule has 0 saturated heterocycles. The quantitative estimate of drug-likeness (QED) is 0.778. The van der Waals surface area contributed by atoms with Crippen LogP contribution < -0.4 is 4.74 Å². The third kappa shape index (κ3) is 2.43. The lowest BCUT2D eigenvalue weighted by molar-refractivity contribution is -0.142. The number of nitrogens with zero attached hydrogens (tertiary/aromatic N) is 1. The summed E-state index contributed by atoms with van der Waals surface area (Å²) in [5.41, 5.74) is -1.83. The summed E-state index contributed by atoms with van der Waals surface area (Å²) in [5, 5.41) is 0. The van der Waals surface area contributed by atoms with Gasteiger partial charge in [-0.15, -0.1) is 0 Å². The van der Waals surface area contributed by atoms with Crippen LogP contribution in [0.2, 0.25) is 0 Å². The van der Waals surface area contributed by atoms with Crippen LogP contribution in [0.1, 0.15) is 5.69 Å². The minimum absolute atomic E-state index is 0.216. The molecule has 0 amide bonds. The maximum atomic E-state index is 13.7. The van der Waals surface area contributed by atoms with E-state index in [1.165, 1.54) is 6.07 Å². The van der Waals surface area contributed by atoms with E-state index in [-0.39, 0.29) is 11.1 Å². The van der Waals surface area contributed by atoms with Crippen molar-refractivity contribution in [2.75, 3.05) is 7.11 Å². The molecule has 0 spiro atoms. The van der Waals surface area contributed by atoms with Gasteiger partial charge in [-0.2, -0.15) is 13.2 Å². The molecule has 7 heteroatoms. The summed E-state index contributed by atoms with van der Waals surface area (Å²) in [7, 11) is 1.01. The molecule has 1 heterocycles. The molecule has 0 atom stereocenters. The molecule has 0 bridgehead atoms. The highest BCUT2D eigenvalue weighted by Gasteiger charge is 2.37. The Kier molecular flexibility index (Phi) is 3.61. The third-order valence-electron chi connectivity index (χ3n) is 2.62. The van der Waals surface area contributed by atoms with Gasteiger partial charge in [0.15, 0.2) is 23.1 Å². The summed E-state index contributed by atoms with van der Waals surface area (Å²) in [5.74, 6) is -3.05. The van der Waals surface area contributed by atoms with Gasteiger partial charge in [0.2, 0.25) is 0 Å². The average molecular weight is 289 g/mol. The summed E-state index contributed by atoms with van der Waals surface area (Å²) in [6, 6.07) is 4.36. The van der Waals surface area contributed by atoms with Crippen molar-refractivity contribution in [3.8, 4) is 16.9 Å². The first-order valence-electron chi connectivity index (χ1n) is 5.41. The van der Waals surface area contributed by atoms with Crippen LogP contribution in [0.3, 0.4) is 0 Å². The van der Waals surface area contributed by atoms with Crippen molar-refractivity contribution in [3.63, 3.8) is 0 Å². The number of hydrogen-bond donors (Lipinski definition) is 0. The average Bonchev–Trinajstić information content (AvgIpc) is 2.40. The van der Waals surface area contributed by atoms with Crippen LogP contribution in [-0.2, 0) is 6.18 Å². The maximum absolute atomic E-state index is 13.7. The molecule has 106 valence electrons. The number of rotatable bonds is 2. The van der Waals surface area contributed by atoms with Crippen LogP contribution in [0.25, 0.3) is 11.1 Å². The minimum Gasteiger partial charge on any atom is -0.494 e. The fourth-order valence-electron chi connectivity index (χ4n) is 1.78. The first-order chi connectivity index (χ1) is 9.36. The molecule has 0 aliphatic heterocycles. The highest BCUT2D eigenvalue weighted by molar-refractivity contribution is 5.72. The van der Waals surface area contributed by atoms with Crippen molar-refractivity contribution < 1.29 is 26.7 Å². The van der Waals surface area contributed by atoms with Gasteiger partial charge in [-0.3, -0.25) is 0 Å². The van der Waals surface area contributed by atoms with E-state index in [2.05, 4.69) is 9.72 Å². The van der Waals surface area contributed by atoms with Gasteiger partial charge in [0.05, 0.1) is 7.11 Å². The zero-order valence-electron chi connectivity index (χ0n) is 10.1. The molecule has 0 N–H and O–H groups in total. The molecule has 1 aromatic heterocycles. The van der Waals surface area contributed by atoms with Gasteiger partial charge in [-0.05, 0) is 12.1 Å². The number of hydrogen-bond acceptors (Lipinski definition) is 2. The van der Waals surface area contributed by atoms with Crippen LogP contribution in [-0.4, -0.2) is 12.1 Å². The first-order valence-corrected chi connectivity index (χ1v) is 5.41. The standard InChI is InChI=1S/C13H8F5NO/c1-20-11-8(5-6-19-12(11)13(16,17)18)7-3-2-4-9(14)10(7)15/h2-6H,1H3. The molecular weight excluding hydrogens is 281 g/mol. The zero-order valence-corrected chi connectivity index (χ0v) is 10.1. The molecule has 0 fully saturated rings. The van der Waals surface area contributed by atoms with Crippen molar-refractivity contribution >= 4 is 0 Å². The van der Waals surface area contributed by atoms with E-state index in [1.54, 1.807) is 0 Å². The topological polar surface area (TPSA) is 22.1 Å². The second-order valence-corrected chi connectivity index (χ2v) is 3.84. The molecule has 0 saturated carbocycles. The minimum atomic E-state index is -4.76. The molecule has 0 radical (unpaired) electrons. The predicted molar refractivity (Wildman–Crippen MR) is 61.1 cm³/mol. The monoisotopic (exact) mass is 289 g/mol. The van der Waals surface area contributed by atoms with E-state index >= 15 is 0 Å². The normalized spacial score (nSPS) is 11.5. The Balaban J connectivity index is 2.72. The predicted octanol–water partition coefficient (Wildman–Crippen LogP) is 4.05. The molecule has 0 aliphatic carbocycles. The molecule has 1 aromatic carbocycles. The first kappa shape index (κ1) is 14.2. The summed E-state index contributed by atoms with van der Waals surface area (Å²) in [6.07, 6.45) is -3.89. The SMILES string of the molecule is COc1c(-c2cccc(F)c2F)ccnc1C(F)(F)F. The lowest BCUT2D eigenvalue weighted by atomic mass is 10.0. The fourth-order valence-corrected chi connectivity index (χ4v) is 1.78. The van der Waals surface area contributed by atoms with Gasteiger partial charge in [-0.1, -0.05) is 12.1 Å². The van der Waals surface area contributed by atoms with Crippen molar-refractivity contribution in [1.29, 1.82) is 0 Å². The van der Waals surface area contributed by atoms with Gasteiger partial charge in [-0.25, -0.2) is 13.8 Å². The number of methoxy groups -OCH3 is 1. The second-order valence-electron chi connectivity index (χ2n) is 3.84. The Bertz CT molecular complexity index is 639. The lowest BCUT2D eigenvalue weighted by Gasteiger charge is -2.15. The Morgan fingerprint density at radius 3 is 2.35 bits per heavy atom. The maximum Gasteiger partial charge on any atom is 0.437 e. The second kappa shape index (κ2) is 5.07. The number of benzene rings is 1. The number of alkyl halides is 3. The summed E-state index contributed by atoms with van der Waals surface area (Å²) < 4.78 is 70.0. The molecule has 2 nitrogen and oxygen atoms in total. The Morgan fingerprint density at radius 2 is 1.75 bits per heavy atom. The number of ether oxygens (including phenoxy) is 1. The number of halogens is 5. The van der Waals surface area contributed by atoms with Gasteiger partial charge < -0.3 is 4.74 Å². The summed E-state index contributed by atoms with van der Waals surface area (Å²) >= 11 is 0. The third-order valence-corrected chi connectivity index (χ3v) is 2.62. The Morgan fingerprint density at radius 1 is 1.05 bits per heavy atom. The molecule has 0 unspecified atom stereocenters. The van der Waals surface area contributed by atoms with E-state index in [0.29, 0.717) is 0 Å². The zero-order chi connectivity index (χ0) is 14.9. The van der Waals surface area contributed by atoms with Crippen LogP contribution in [0, 0.1) is 11.6 Å². The van der Waals surface area contributed by atoms with E-state index in [9.17, 15) is 22.0 Å². The largest absolute Gasteiger partial charge is 0.494 e.